The standard InChI is InChI=1S/C32H34ClFN2O3/c1-35(2)28-14-12-23(13-15-28)25-10-11-26(30(33)19-25)21-36(32(38)24-7-5-4-6-8-24)29-18-22(17-27(34)20-29)9-16-31(37)39-3/h9-20,24H,4-8,21H2,1-3H3/b16-9+/i21D. The summed E-state index contributed by atoms with van der Waals surface area (Å²) in [6.07, 6.45) is 6.99. The van der Waals surface area contributed by atoms with Gasteiger partial charge < -0.3 is 14.5 Å². The summed E-state index contributed by atoms with van der Waals surface area (Å²) in [6, 6.07) is 17.6. The minimum absolute atomic E-state index is 0.229. The van der Waals surface area contributed by atoms with Gasteiger partial charge in [0.2, 0.25) is 5.91 Å². The Labute approximate surface area is 236 Å². The smallest absolute Gasteiger partial charge is 0.330 e. The summed E-state index contributed by atoms with van der Waals surface area (Å²) in [7, 11) is 5.21. The predicted molar refractivity (Wildman–Crippen MR) is 156 cm³/mol. The molecule has 1 aliphatic rings. The number of amides is 1. The van der Waals surface area contributed by atoms with Gasteiger partial charge in [-0.2, -0.15) is 0 Å². The highest BCUT2D eigenvalue weighted by atomic mass is 35.5. The first kappa shape index (κ1) is 26.9. The van der Waals surface area contributed by atoms with Crippen molar-refractivity contribution in [2.45, 2.75) is 38.6 Å². The number of rotatable bonds is 8. The molecule has 0 radical (unpaired) electrons. The average Bonchev–Trinajstić information content (AvgIpc) is 2.96. The second kappa shape index (κ2) is 12.9. The van der Waals surface area contributed by atoms with Crippen molar-refractivity contribution in [3.63, 3.8) is 0 Å². The van der Waals surface area contributed by atoms with Gasteiger partial charge in [-0.25, -0.2) is 9.18 Å². The van der Waals surface area contributed by atoms with E-state index in [1.807, 2.05) is 49.3 Å². The zero-order valence-corrected chi connectivity index (χ0v) is 23.2. The molecule has 7 heteroatoms. The van der Waals surface area contributed by atoms with E-state index in [0.29, 0.717) is 16.1 Å². The molecule has 1 amide bonds. The second-order valence-electron chi connectivity index (χ2n) is 9.95. The second-order valence-corrected chi connectivity index (χ2v) is 10.4. The van der Waals surface area contributed by atoms with Gasteiger partial charge >= 0.3 is 5.97 Å². The van der Waals surface area contributed by atoms with Gasteiger partial charge in [0.25, 0.3) is 0 Å². The molecular weight excluding hydrogens is 515 g/mol. The van der Waals surface area contributed by atoms with E-state index in [1.54, 1.807) is 18.2 Å². The van der Waals surface area contributed by atoms with Crippen LogP contribution in [0, 0.1) is 11.7 Å². The lowest BCUT2D eigenvalue weighted by Gasteiger charge is -2.30. The maximum Gasteiger partial charge on any atom is 0.330 e. The van der Waals surface area contributed by atoms with E-state index in [9.17, 15) is 15.4 Å². The van der Waals surface area contributed by atoms with Gasteiger partial charge in [0.05, 0.1) is 15.0 Å². The van der Waals surface area contributed by atoms with Gasteiger partial charge in [0.1, 0.15) is 5.82 Å². The van der Waals surface area contributed by atoms with Crippen LogP contribution in [0.4, 0.5) is 15.8 Å². The van der Waals surface area contributed by atoms with E-state index in [4.69, 9.17) is 11.6 Å². The monoisotopic (exact) mass is 549 g/mol. The molecule has 3 aromatic rings. The van der Waals surface area contributed by atoms with Gasteiger partial charge in [-0.05, 0) is 77.6 Å². The van der Waals surface area contributed by atoms with Crippen LogP contribution in [-0.2, 0) is 20.8 Å². The van der Waals surface area contributed by atoms with Crippen LogP contribution in [0.2, 0.25) is 5.02 Å². The van der Waals surface area contributed by atoms with Crippen molar-refractivity contribution in [2.24, 2.45) is 5.92 Å². The van der Waals surface area contributed by atoms with E-state index in [-0.39, 0.29) is 17.5 Å². The number of methoxy groups -OCH3 is 1. The molecule has 0 aromatic heterocycles. The first-order valence-corrected chi connectivity index (χ1v) is 13.4. The minimum Gasteiger partial charge on any atom is -0.466 e. The predicted octanol–water partition coefficient (Wildman–Crippen LogP) is 7.51. The third-order valence-corrected chi connectivity index (χ3v) is 7.30. The van der Waals surface area contributed by atoms with E-state index in [0.717, 1.165) is 48.9 Å². The third-order valence-electron chi connectivity index (χ3n) is 6.97. The first-order valence-electron chi connectivity index (χ1n) is 13.6. The highest BCUT2D eigenvalue weighted by Crippen LogP contribution is 2.33. The maximum absolute atomic E-state index is 14.8. The van der Waals surface area contributed by atoms with Crippen LogP contribution in [0.1, 0.15) is 44.6 Å². The van der Waals surface area contributed by atoms with Crippen molar-refractivity contribution in [3.8, 4) is 11.1 Å². The fraction of sp³-hybridized carbons (Fsp3) is 0.312. The van der Waals surface area contributed by atoms with Crippen LogP contribution in [0.5, 0.6) is 0 Å². The van der Waals surface area contributed by atoms with Crippen molar-refractivity contribution in [2.75, 3.05) is 31.0 Å². The zero-order valence-electron chi connectivity index (χ0n) is 23.5. The highest BCUT2D eigenvalue weighted by molar-refractivity contribution is 6.31. The normalized spacial score (nSPS) is 15.1. The quantitative estimate of drug-likeness (QED) is 0.215. The molecule has 0 aliphatic heterocycles. The van der Waals surface area contributed by atoms with Crippen LogP contribution < -0.4 is 9.80 Å². The van der Waals surface area contributed by atoms with Gasteiger partial charge in [-0.3, -0.25) is 4.79 Å². The molecule has 1 fully saturated rings. The molecule has 1 aliphatic carbocycles. The fourth-order valence-electron chi connectivity index (χ4n) is 4.78. The molecule has 204 valence electrons. The Morgan fingerprint density at radius 2 is 1.69 bits per heavy atom. The summed E-state index contributed by atoms with van der Waals surface area (Å²) in [5, 5.41) is 0.345. The van der Waals surface area contributed by atoms with Crippen LogP contribution in [0.25, 0.3) is 17.2 Å². The number of nitrogens with zero attached hydrogens (tertiary/aromatic N) is 2. The number of hydrogen-bond donors (Lipinski definition) is 0. The molecule has 1 atom stereocenters. The van der Waals surface area contributed by atoms with Gasteiger partial charge in [-0.15, -0.1) is 0 Å². The molecule has 0 spiro atoms. The number of carbonyl (C=O) groups is 2. The number of esters is 1. The Bertz CT molecular complexity index is 1390. The summed E-state index contributed by atoms with van der Waals surface area (Å²) in [6.45, 7) is -1.20. The van der Waals surface area contributed by atoms with Gasteiger partial charge in [0, 0.05) is 42.5 Å². The van der Waals surface area contributed by atoms with Crippen molar-refractivity contribution in [3.05, 3.63) is 88.7 Å². The van der Waals surface area contributed by atoms with Crippen molar-refractivity contribution >= 4 is 40.9 Å². The molecule has 0 saturated heterocycles. The lowest BCUT2D eigenvalue weighted by atomic mass is 9.88. The van der Waals surface area contributed by atoms with Crippen LogP contribution in [-0.4, -0.2) is 33.1 Å². The number of hydrogen-bond acceptors (Lipinski definition) is 4. The van der Waals surface area contributed by atoms with E-state index >= 15 is 0 Å². The Balaban J connectivity index is 1.72. The highest BCUT2D eigenvalue weighted by Gasteiger charge is 2.28. The number of anilines is 2. The molecular formula is C32H34ClFN2O3. The summed E-state index contributed by atoms with van der Waals surface area (Å²) in [4.78, 5) is 28.8. The molecule has 4 rings (SSSR count). The molecule has 1 saturated carbocycles. The topological polar surface area (TPSA) is 49.9 Å². The fourth-order valence-corrected chi connectivity index (χ4v) is 5.01. The van der Waals surface area contributed by atoms with E-state index in [2.05, 4.69) is 4.74 Å². The van der Waals surface area contributed by atoms with Crippen LogP contribution in [0.3, 0.4) is 0 Å². The van der Waals surface area contributed by atoms with Crippen LogP contribution >= 0.6 is 11.6 Å². The van der Waals surface area contributed by atoms with Crippen molar-refractivity contribution < 1.29 is 20.1 Å². The van der Waals surface area contributed by atoms with Gasteiger partial charge in [-0.1, -0.05) is 55.1 Å². The molecule has 39 heavy (non-hydrogen) atoms. The molecule has 3 aromatic carbocycles. The summed E-state index contributed by atoms with van der Waals surface area (Å²) in [5.74, 6) is -1.65. The summed E-state index contributed by atoms with van der Waals surface area (Å²) < 4.78 is 28.6. The van der Waals surface area contributed by atoms with E-state index in [1.165, 1.54) is 36.3 Å². The maximum atomic E-state index is 14.8. The molecule has 5 nitrogen and oxygen atoms in total. The molecule has 0 bridgehead atoms. The largest absolute Gasteiger partial charge is 0.466 e. The third kappa shape index (κ3) is 7.27. The Morgan fingerprint density at radius 3 is 2.33 bits per heavy atom. The SMILES string of the molecule is [2H]C(c1ccc(-c2ccc(N(C)C)cc2)cc1Cl)N(C(=O)C1CCCCC1)c1cc(F)cc(/C=C/C(=O)OC)c1. The van der Waals surface area contributed by atoms with Crippen molar-refractivity contribution in [1.29, 1.82) is 0 Å². The Morgan fingerprint density at radius 1 is 1.00 bits per heavy atom. The molecule has 1 unspecified atom stereocenters. The number of carbonyl (C=O) groups excluding carboxylic acids is 2. The Kier molecular flexibility index (Phi) is 8.94. The van der Waals surface area contributed by atoms with E-state index < -0.39 is 18.3 Å². The lowest BCUT2D eigenvalue weighted by molar-refractivity contribution is -0.134. The van der Waals surface area contributed by atoms with Gasteiger partial charge in [0.15, 0.2) is 0 Å². The van der Waals surface area contributed by atoms with Crippen LogP contribution in [0.15, 0.2) is 66.7 Å². The summed E-state index contributed by atoms with van der Waals surface area (Å²) in [5.41, 5.74) is 3.98. The molecule has 0 heterocycles. The Hall–Kier alpha value is -3.64. The minimum atomic E-state index is -1.20. The summed E-state index contributed by atoms with van der Waals surface area (Å²) >= 11 is 6.74. The zero-order chi connectivity index (χ0) is 28.8. The number of ether oxygens (including phenoxy) is 1. The average molecular weight is 550 g/mol. The first-order chi connectivity index (χ1) is 19.2. The lowest BCUT2D eigenvalue weighted by Crippen LogP contribution is -2.37. The number of benzene rings is 3. The van der Waals surface area contributed by atoms with Crippen molar-refractivity contribution in [1.82, 2.24) is 0 Å². The number of halogens is 2. The molecule has 0 N–H and O–H groups in total.